The second-order valence-corrected chi connectivity index (χ2v) is 5.93. The minimum absolute atomic E-state index is 0. The van der Waals surface area contributed by atoms with E-state index < -0.39 is 6.10 Å². The van der Waals surface area contributed by atoms with Gasteiger partial charge in [-0.25, -0.2) is 9.47 Å². The minimum Gasteiger partial charge on any atom is -0.392 e. The highest BCUT2D eigenvalue weighted by Crippen LogP contribution is 2.14. The predicted octanol–water partition coefficient (Wildman–Crippen LogP) is 1.95. The Kier molecular flexibility index (Phi) is 4.89. The fraction of sp³-hybridized carbons (Fsp3) is 0.500. The zero-order valence-electron chi connectivity index (χ0n) is 12.3. The van der Waals surface area contributed by atoms with Crippen LogP contribution in [0, 0.1) is 0 Å². The van der Waals surface area contributed by atoms with Gasteiger partial charge in [0.05, 0.1) is 23.7 Å². The van der Waals surface area contributed by atoms with Crippen molar-refractivity contribution < 1.29 is 5.11 Å². The molecule has 2 aromatic rings. The van der Waals surface area contributed by atoms with Crippen molar-refractivity contribution in [2.45, 2.75) is 45.9 Å². The molecule has 5 nitrogen and oxygen atoms in total. The van der Waals surface area contributed by atoms with Crippen molar-refractivity contribution in [2.24, 2.45) is 0 Å². The van der Waals surface area contributed by atoms with Gasteiger partial charge in [0.2, 0.25) is 0 Å². The van der Waals surface area contributed by atoms with Gasteiger partial charge in [0, 0.05) is 5.54 Å². The van der Waals surface area contributed by atoms with Crippen LogP contribution in [-0.2, 0) is 6.54 Å². The SMILES string of the molecule is CC(O)Cn1c(=O)n(NC(C)(C)C)c2ccccc21.Cl. The Balaban J connectivity index is 0.00000200. The Morgan fingerprint density at radius 1 is 1.25 bits per heavy atom. The molecule has 0 radical (unpaired) electrons. The number of benzene rings is 1. The number of aliphatic hydroxyl groups excluding tert-OH is 1. The number of rotatable bonds is 3. The zero-order chi connectivity index (χ0) is 14.2. The van der Waals surface area contributed by atoms with Crippen LogP contribution in [0.4, 0.5) is 0 Å². The number of hydrogen-bond donors (Lipinski definition) is 2. The highest BCUT2D eigenvalue weighted by atomic mass is 35.5. The summed E-state index contributed by atoms with van der Waals surface area (Å²) in [5.41, 5.74) is 4.46. The summed E-state index contributed by atoms with van der Waals surface area (Å²) in [7, 11) is 0. The van der Waals surface area contributed by atoms with E-state index in [1.807, 2.05) is 45.0 Å². The van der Waals surface area contributed by atoms with Crippen molar-refractivity contribution in [3.8, 4) is 0 Å². The van der Waals surface area contributed by atoms with E-state index >= 15 is 0 Å². The molecule has 6 heteroatoms. The van der Waals surface area contributed by atoms with Gasteiger partial charge in [0.15, 0.2) is 0 Å². The van der Waals surface area contributed by atoms with Gasteiger partial charge >= 0.3 is 5.69 Å². The number of aliphatic hydroxyl groups is 1. The first-order chi connectivity index (χ1) is 8.79. The molecule has 0 aliphatic rings. The molecule has 1 atom stereocenters. The van der Waals surface area contributed by atoms with Crippen LogP contribution in [0.3, 0.4) is 0 Å². The Hall–Kier alpha value is -1.46. The lowest BCUT2D eigenvalue weighted by atomic mass is 10.1. The Labute approximate surface area is 124 Å². The first-order valence-corrected chi connectivity index (χ1v) is 6.46. The lowest BCUT2D eigenvalue weighted by Crippen LogP contribution is -2.41. The van der Waals surface area contributed by atoms with Gasteiger partial charge in [-0.1, -0.05) is 12.1 Å². The third-order valence-corrected chi connectivity index (χ3v) is 2.73. The number of imidazole rings is 1. The standard InChI is InChI=1S/C14H21N3O2.ClH/c1-10(18)9-16-11-7-5-6-8-12(11)17(13(16)19)15-14(2,3)4;/h5-8,10,15,18H,9H2,1-4H3;1H. The maximum absolute atomic E-state index is 12.5. The molecule has 0 aliphatic carbocycles. The smallest absolute Gasteiger partial charge is 0.347 e. The second kappa shape index (κ2) is 5.89. The molecule has 0 saturated heterocycles. The normalized spacial score (nSPS) is 13.1. The summed E-state index contributed by atoms with van der Waals surface area (Å²) < 4.78 is 3.15. The third-order valence-electron chi connectivity index (χ3n) is 2.73. The van der Waals surface area contributed by atoms with Crippen LogP contribution in [0.15, 0.2) is 29.1 Å². The van der Waals surface area contributed by atoms with E-state index in [2.05, 4.69) is 5.43 Å². The van der Waals surface area contributed by atoms with Gasteiger partial charge in [-0.3, -0.25) is 4.57 Å². The minimum atomic E-state index is -0.563. The molecular formula is C14H22ClN3O2. The topological polar surface area (TPSA) is 59.2 Å². The highest BCUT2D eigenvalue weighted by molar-refractivity contribution is 5.85. The van der Waals surface area contributed by atoms with Gasteiger partial charge < -0.3 is 10.5 Å². The van der Waals surface area contributed by atoms with Crippen LogP contribution in [0.1, 0.15) is 27.7 Å². The number of para-hydroxylation sites is 2. The van der Waals surface area contributed by atoms with Gasteiger partial charge in [-0.05, 0) is 39.8 Å². The number of aromatic nitrogens is 2. The zero-order valence-corrected chi connectivity index (χ0v) is 13.1. The molecule has 1 aromatic heterocycles. The van der Waals surface area contributed by atoms with E-state index in [0.29, 0.717) is 0 Å². The molecule has 2 N–H and O–H groups in total. The molecular weight excluding hydrogens is 278 g/mol. The summed E-state index contributed by atoms with van der Waals surface area (Å²) in [6.07, 6.45) is -0.563. The van der Waals surface area contributed by atoms with Crippen LogP contribution >= 0.6 is 12.4 Å². The Morgan fingerprint density at radius 3 is 2.30 bits per heavy atom. The van der Waals surface area contributed by atoms with Crippen molar-refractivity contribution >= 4 is 23.4 Å². The van der Waals surface area contributed by atoms with Crippen LogP contribution in [-0.4, -0.2) is 26.0 Å². The Bertz CT molecular complexity index is 638. The molecule has 0 saturated carbocycles. The summed E-state index contributed by atoms with van der Waals surface area (Å²) in [5, 5.41) is 9.54. The molecule has 0 bridgehead atoms. The second-order valence-electron chi connectivity index (χ2n) is 5.93. The average molecular weight is 300 g/mol. The van der Waals surface area contributed by atoms with E-state index in [4.69, 9.17) is 0 Å². The third kappa shape index (κ3) is 3.35. The summed E-state index contributed by atoms with van der Waals surface area (Å²) in [6.45, 7) is 7.97. The highest BCUT2D eigenvalue weighted by Gasteiger charge is 2.17. The summed E-state index contributed by atoms with van der Waals surface area (Å²) in [4.78, 5) is 12.5. The Morgan fingerprint density at radius 2 is 1.80 bits per heavy atom. The lowest BCUT2D eigenvalue weighted by Gasteiger charge is -2.22. The maximum Gasteiger partial charge on any atom is 0.347 e. The molecule has 20 heavy (non-hydrogen) atoms. The fourth-order valence-corrected chi connectivity index (χ4v) is 2.09. The maximum atomic E-state index is 12.5. The van der Waals surface area contributed by atoms with Crippen LogP contribution < -0.4 is 11.1 Å². The molecule has 1 unspecified atom stereocenters. The van der Waals surface area contributed by atoms with Gasteiger partial charge in [-0.15, -0.1) is 12.4 Å². The van der Waals surface area contributed by atoms with E-state index in [9.17, 15) is 9.90 Å². The quantitative estimate of drug-likeness (QED) is 0.911. The summed E-state index contributed by atoms with van der Waals surface area (Å²) >= 11 is 0. The van der Waals surface area contributed by atoms with Crippen LogP contribution in [0.25, 0.3) is 11.0 Å². The van der Waals surface area contributed by atoms with Crippen molar-refractivity contribution in [1.82, 2.24) is 9.24 Å². The van der Waals surface area contributed by atoms with E-state index in [-0.39, 0.29) is 30.2 Å². The molecule has 0 fully saturated rings. The summed E-state index contributed by atoms with van der Waals surface area (Å²) in [5.74, 6) is 0. The van der Waals surface area contributed by atoms with Crippen LogP contribution in [0.2, 0.25) is 0 Å². The van der Waals surface area contributed by atoms with Gasteiger partial charge in [-0.2, -0.15) is 0 Å². The molecule has 0 amide bonds. The molecule has 2 rings (SSSR count). The summed E-state index contributed by atoms with van der Waals surface area (Å²) in [6, 6.07) is 7.57. The predicted molar refractivity (Wildman–Crippen MR) is 84.2 cm³/mol. The van der Waals surface area contributed by atoms with Crippen molar-refractivity contribution in [3.63, 3.8) is 0 Å². The number of nitrogens with one attached hydrogen (secondary N) is 1. The van der Waals surface area contributed by atoms with Crippen molar-refractivity contribution in [1.29, 1.82) is 0 Å². The number of fused-ring (bicyclic) bond motifs is 1. The van der Waals surface area contributed by atoms with E-state index in [1.54, 1.807) is 16.2 Å². The van der Waals surface area contributed by atoms with E-state index in [1.165, 1.54) is 0 Å². The van der Waals surface area contributed by atoms with Crippen molar-refractivity contribution in [3.05, 3.63) is 34.7 Å². The van der Waals surface area contributed by atoms with Gasteiger partial charge in [0.1, 0.15) is 0 Å². The number of nitrogens with zero attached hydrogens (tertiary/aromatic N) is 2. The fourth-order valence-electron chi connectivity index (χ4n) is 2.09. The molecule has 1 aromatic carbocycles. The molecule has 112 valence electrons. The van der Waals surface area contributed by atoms with Crippen LogP contribution in [0.5, 0.6) is 0 Å². The largest absolute Gasteiger partial charge is 0.392 e. The van der Waals surface area contributed by atoms with E-state index in [0.717, 1.165) is 11.0 Å². The lowest BCUT2D eigenvalue weighted by molar-refractivity contribution is 0.173. The first-order valence-electron chi connectivity index (χ1n) is 6.46. The molecule has 0 spiro atoms. The van der Waals surface area contributed by atoms with Crippen molar-refractivity contribution in [2.75, 3.05) is 5.43 Å². The first kappa shape index (κ1) is 16.6. The average Bonchev–Trinajstić information content (AvgIpc) is 2.53. The molecule has 1 heterocycles. The van der Waals surface area contributed by atoms with Gasteiger partial charge in [0.25, 0.3) is 0 Å². The molecule has 0 aliphatic heterocycles. The monoisotopic (exact) mass is 299 g/mol. The number of hydrogen-bond acceptors (Lipinski definition) is 3. The number of halogens is 1.